The lowest BCUT2D eigenvalue weighted by Gasteiger charge is -2.41. The molecule has 0 spiro atoms. The lowest BCUT2D eigenvalue weighted by Crippen LogP contribution is -2.61. The summed E-state index contributed by atoms with van der Waals surface area (Å²) in [5.41, 5.74) is 0. The third-order valence-corrected chi connectivity index (χ3v) is 15.1. The number of unbranched alkanes of at least 4 members (excludes halogenated alkanes) is 26. The van der Waals surface area contributed by atoms with Crippen LogP contribution in [0.2, 0.25) is 0 Å². The normalized spacial score (nSPS) is 19.3. The van der Waals surface area contributed by atoms with Crippen LogP contribution in [0.1, 0.15) is 271 Å². The molecule has 1 heterocycles. The minimum absolute atomic E-state index is 0.0422. The summed E-state index contributed by atoms with van der Waals surface area (Å²) in [5.74, 6) is -1.26. The molecule has 8 unspecified atom stereocenters. The zero-order chi connectivity index (χ0) is 60.3. The van der Waals surface area contributed by atoms with Gasteiger partial charge >= 0.3 is 5.97 Å². The van der Waals surface area contributed by atoms with Gasteiger partial charge in [0.05, 0.1) is 25.4 Å². The van der Waals surface area contributed by atoms with Gasteiger partial charge in [-0.05, 0) is 109 Å². The molecule has 83 heavy (non-hydrogen) atoms. The van der Waals surface area contributed by atoms with Gasteiger partial charge in [0.25, 0.3) is 0 Å². The van der Waals surface area contributed by atoms with E-state index in [-0.39, 0.29) is 19.4 Å². The number of nitrogens with one attached hydrogen (secondary N) is 1. The summed E-state index contributed by atoms with van der Waals surface area (Å²) in [6, 6.07) is -1.05. The van der Waals surface area contributed by atoms with Crippen molar-refractivity contribution in [1.82, 2.24) is 5.32 Å². The first kappa shape index (κ1) is 77.3. The van der Waals surface area contributed by atoms with Crippen LogP contribution < -0.4 is 5.32 Å². The fraction of sp³-hybridized carbons (Fsp3) is 0.722. The number of aliphatic hydroxyl groups excluding tert-OH is 5. The van der Waals surface area contributed by atoms with Gasteiger partial charge in [-0.1, -0.05) is 265 Å². The second-order valence-corrected chi connectivity index (χ2v) is 22.8. The van der Waals surface area contributed by atoms with E-state index in [4.69, 9.17) is 14.2 Å². The second kappa shape index (κ2) is 58.7. The van der Waals surface area contributed by atoms with Gasteiger partial charge in [0, 0.05) is 6.42 Å². The number of aliphatic hydroxyl groups is 5. The molecule has 0 saturated carbocycles. The van der Waals surface area contributed by atoms with Crippen molar-refractivity contribution in [1.29, 1.82) is 0 Å². The van der Waals surface area contributed by atoms with Gasteiger partial charge in [-0.25, -0.2) is 0 Å². The number of rotatable bonds is 56. The third kappa shape index (κ3) is 46.2. The number of esters is 1. The Morgan fingerprint density at radius 1 is 0.470 bits per heavy atom. The minimum atomic E-state index is -1.64. The summed E-state index contributed by atoms with van der Waals surface area (Å²) in [6.45, 7) is 5.71. The van der Waals surface area contributed by atoms with Crippen molar-refractivity contribution < 1.29 is 49.3 Å². The first-order chi connectivity index (χ1) is 40.7. The molecule has 476 valence electrons. The van der Waals surface area contributed by atoms with Crippen LogP contribution in [0.25, 0.3) is 0 Å². The average molecular weight is 1160 g/mol. The highest BCUT2D eigenvalue weighted by atomic mass is 16.7. The third-order valence-electron chi connectivity index (χ3n) is 15.1. The molecule has 0 aromatic rings. The highest BCUT2D eigenvalue weighted by Crippen LogP contribution is 2.26. The van der Waals surface area contributed by atoms with E-state index < -0.39 is 67.4 Å². The molecule has 8 atom stereocenters. The zero-order valence-corrected chi connectivity index (χ0v) is 52.8. The van der Waals surface area contributed by atoms with E-state index in [1.54, 1.807) is 6.08 Å². The lowest BCUT2D eigenvalue weighted by atomic mass is 9.99. The van der Waals surface area contributed by atoms with E-state index >= 15 is 0 Å². The van der Waals surface area contributed by atoms with Crippen LogP contribution in [0.3, 0.4) is 0 Å². The number of hydrogen-bond acceptors (Lipinski definition) is 10. The molecule has 1 saturated heterocycles. The molecule has 0 aromatic carbocycles. The second-order valence-electron chi connectivity index (χ2n) is 22.8. The maximum atomic E-state index is 13.5. The van der Waals surface area contributed by atoms with Crippen molar-refractivity contribution in [3.63, 3.8) is 0 Å². The Kier molecular flexibility index (Phi) is 54.7. The number of hydrogen-bond donors (Lipinski definition) is 6. The van der Waals surface area contributed by atoms with E-state index in [1.165, 1.54) is 116 Å². The monoisotopic (exact) mass is 1160 g/mol. The van der Waals surface area contributed by atoms with Gasteiger partial charge in [0.15, 0.2) is 12.4 Å². The maximum Gasteiger partial charge on any atom is 0.306 e. The van der Waals surface area contributed by atoms with E-state index in [1.807, 2.05) is 12.2 Å². The molecular weight excluding hydrogens is 1040 g/mol. The number of allylic oxidation sites excluding steroid dienone is 17. The number of carbonyl (C=O) groups is 2. The molecule has 1 amide bonds. The van der Waals surface area contributed by atoms with Crippen molar-refractivity contribution in [2.24, 2.45) is 0 Å². The minimum Gasteiger partial charge on any atom is -0.454 e. The topological polar surface area (TPSA) is 175 Å². The molecule has 0 aromatic heterocycles. The van der Waals surface area contributed by atoms with E-state index in [2.05, 4.69) is 117 Å². The molecule has 0 radical (unpaired) electrons. The first-order valence-electron chi connectivity index (χ1n) is 33.7. The Bertz CT molecular complexity index is 1770. The van der Waals surface area contributed by atoms with Gasteiger partial charge in [0.2, 0.25) is 5.91 Å². The summed E-state index contributed by atoms with van der Waals surface area (Å²) in [6.07, 6.45) is 69.8. The molecule has 1 rings (SSSR count). The Labute approximate surface area is 507 Å². The van der Waals surface area contributed by atoms with Crippen molar-refractivity contribution in [2.75, 3.05) is 13.2 Å². The summed E-state index contributed by atoms with van der Waals surface area (Å²) < 4.78 is 17.6. The van der Waals surface area contributed by atoms with Gasteiger partial charge in [-0.3, -0.25) is 9.59 Å². The van der Waals surface area contributed by atoms with Crippen LogP contribution in [-0.4, -0.2) is 99.6 Å². The predicted molar refractivity (Wildman–Crippen MR) is 347 cm³/mol. The van der Waals surface area contributed by atoms with Crippen molar-refractivity contribution in [3.05, 3.63) is 109 Å². The molecule has 1 fully saturated rings. The van der Waals surface area contributed by atoms with Crippen molar-refractivity contribution >= 4 is 11.9 Å². The molecule has 6 N–H and O–H groups in total. The van der Waals surface area contributed by atoms with Crippen molar-refractivity contribution in [2.45, 2.75) is 320 Å². The van der Waals surface area contributed by atoms with Crippen LogP contribution >= 0.6 is 0 Å². The Morgan fingerprint density at radius 3 is 1.27 bits per heavy atom. The lowest BCUT2D eigenvalue weighted by molar-refractivity contribution is -0.305. The van der Waals surface area contributed by atoms with Gasteiger partial charge in [-0.15, -0.1) is 0 Å². The quantitative estimate of drug-likeness (QED) is 0.0195. The van der Waals surface area contributed by atoms with Crippen LogP contribution in [0.5, 0.6) is 0 Å². The standard InChI is InChI=1S/C72H123NO10/c1-4-7-10-13-16-19-22-25-27-29-30-31-32-33-34-35-37-38-41-44-47-50-53-56-59-65(76)71(80)73-63(64(75)58-55-52-49-46-43-40-24-21-18-15-12-9-6-3)62-81-72-70(69(79)68(78)66(61-74)82-72)83-67(77)60-57-54-51-48-45-42-39-36-28-26-23-20-17-14-11-8-5-2/h16-17,19-20,25-28,30-31,33-34,39,42,48,51,55,58,63-66,68-70,72,74-76,78-79H,4-15,18,21-24,29,32,35-38,40-41,43-47,49-50,52-54,56-57,59-62H2,1-3H3,(H,73,80)/b19-16-,20-17-,27-25-,28-26-,31-30-,34-33-,42-39-,51-48-,58-55+. The Balaban J connectivity index is 2.67. The SMILES string of the molecule is CCCCC/C=C\C/C=C\C/C=C\C/C=C\CCCCCCCCCCC(O)C(=O)NC(COC1OC(CO)C(O)C(O)C1OC(=O)CCC/C=C\C/C=C\C/C=C\C/C=C\CCCCC)C(O)/C=C/CCCCCCCCCCCCC. The number of carbonyl (C=O) groups excluding carboxylic acids is 2. The van der Waals surface area contributed by atoms with Gasteiger partial charge in [-0.2, -0.15) is 0 Å². The van der Waals surface area contributed by atoms with E-state index in [0.29, 0.717) is 19.3 Å². The summed E-state index contributed by atoms with van der Waals surface area (Å²) in [7, 11) is 0. The average Bonchev–Trinajstić information content (AvgIpc) is 3.67. The molecule has 1 aliphatic rings. The van der Waals surface area contributed by atoms with E-state index in [0.717, 1.165) is 103 Å². The first-order valence-corrected chi connectivity index (χ1v) is 33.7. The molecule has 0 bridgehead atoms. The summed E-state index contributed by atoms with van der Waals surface area (Å²) in [4.78, 5) is 26.6. The fourth-order valence-corrected chi connectivity index (χ4v) is 9.80. The number of amides is 1. The van der Waals surface area contributed by atoms with Gasteiger partial charge < -0.3 is 45.1 Å². The largest absolute Gasteiger partial charge is 0.454 e. The van der Waals surface area contributed by atoms with Crippen molar-refractivity contribution in [3.8, 4) is 0 Å². The Hall–Kier alpha value is -3.68. The van der Waals surface area contributed by atoms with Crippen LogP contribution in [0.15, 0.2) is 109 Å². The maximum absolute atomic E-state index is 13.5. The summed E-state index contributed by atoms with van der Waals surface area (Å²) >= 11 is 0. The van der Waals surface area contributed by atoms with Crippen LogP contribution in [0.4, 0.5) is 0 Å². The van der Waals surface area contributed by atoms with Crippen LogP contribution in [0, 0.1) is 0 Å². The molecule has 0 aliphatic carbocycles. The van der Waals surface area contributed by atoms with Gasteiger partial charge in [0.1, 0.15) is 24.4 Å². The van der Waals surface area contributed by atoms with E-state index in [9.17, 15) is 35.1 Å². The number of ether oxygens (including phenoxy) is 3. The zero-order valence-electron chi connectivity index (χ0n) is 52.8. The smallest absolute Gasteiger partial charge is 0.306 e. The molecule has 1 aliphatic heterocycles. The highest BCUT2D eigenvalue weighted by Gasteiger charge is 2.47. The fourth-order valence-electron chi connectivity index (χ4n) is 9.80. The highest BCUT2D eigenvalue weighted by molar-refractivity contribution is 5.80. The Morgan fingerprint density at radius 2 is 0.831 bits per heavy atom. The molecule has 11 nitrogen and oxygen atoms in total. The summed E-state index contributed by atoms with van der Waals surface area (Å²) in [5, 5.41) is 57.1. The molecular formula is C72H123NO10. The van der Waals surface area contributed by atoms with Crippen LogP contribution in [-0.2, 0) is 23.8 Å². The molecule has 11 heteroatoms. The predicted octanol–water partition coefficient (Wildman–Crippen LogP) is 16.8.